The Morgan fingerprint density at radius 1 is 1.09 bits per heavy atom. The van der Waals surface area contributed by atoms with Crippen molar-refractivity contribution in [3.05, 3.63) is 11.6 Å². The smallest absolute Gasteiger partial charge is 0.307 e. The van der Waals surface area contributed by atoms with E-state index in [2.05, 4.69) is 61.5 Å². The summed E-state index contributed by atoms with van der Waals surface area (Å²) in [5.74, 6) is 0.00285. The lowest BCUT2D eigenvalue weighted by atomic mass is 9.34. The van der Waals surface area contributed by atoms with Gasteiger partial charge >= 0.3 is 11.9 Å². The molecule has 256 valence electrons. The number of carbonyl (C=O) groups is 2. The zero-order valence-electron chi connectivity index (χ0n) is 29.7. The van der Waals surface area contributed by atoms with Gasteiger partial charge in [-0.05, 0) is 84.9 Å². The zero-order chi connectivity index (χ0) is 33.2. The van der Waals surface area contributed by atoms with Gasteiger partial charge in [-0.2, -0.15) is 0 Å². The van der Waals surface area contributed by atoms with Crippen molar-refractivity contribution in [3.63, 3.8) is 0 Å². The van der Waals surface area contributed by atoms with Crippen molar-refractivity contribution in [2.24, 2.45) is 62.4 Å². The highest BCUT2D eigenvalue weighted by atomic mass is 16.6. The Morgan fingerprint density at radius 2 is 1.80 bits per heavy atom. The van der Waals surface area contributed by atoms with Gasteiger partial charge in [-0.3, -0.25) is 9.59 Å². The molecule has 0 amide bonds. The van der Waals surface area contributed by atoms with Crippen LogP contribution in [-0.2, 0) is 23.8 Å². The molecule has 1 saturated heterocycles. The molecule has 3 saturated carbocycles. The molecule has 0 aromatic heterocycles. The lowest BCUT2D eigenvalue weighted by Gasteiger charge is -2.71. The minimum Gasteiger partial charge on any atom is -0.481 e. The van der Waals surface area contributed by atoms with Crippen molar-refractivity contribution >= 4 is 11.9 Å². The number of carbonyl (C=O) groups excluding carboxylic acids is 1. The molecule has 7 heteroatoms. The van der Waals surface area contributed by atoms with Gasteiger partial charge in [0.2, 0.25) is 0 Å². The predicted octanol–water partition coefficient (Wildman–Crippen LogP) is 7.41. The van der Waals surface area contributed by atoms with Crippen molar-refractivity contribution in [1.29, 1.82) is 0 Å². The Hall–Kier alpha value is -1.44. The first kappa shape index (κ1) is 34.9. The molecule has 5 rings (SSSR count). The largest absolute Gasteiger partial charge is 0.481 e. The van der Waals surface area contributed by atoms with Crippen molar-refractivity contribution in [2.45, 2.75) is 138 Å². The van der Waals surface area contributed by atoms with Crippen LogP contribution in [0.1, 0.15) is 120 Å². The number of esters is 1. The van der Waals surface area contributed by atoms with Gasteiger partial charge in [0.05, 0.1) is 25.7 Å². The number of hydrogen-bond acceptors (Lipinski definition) is 6. The Morgan fingerprint density at radius 3 is 2.42 bits per heavy atom. The van der Waals surface area contributed by atoms with E-state index >= 15 is 0 Å². The lowest BCUT2D eigenvalue weighted by Crippen LogP contribution is -2.70. The molecule has 7 nitrogen and oxygen atoms in total. The Kier molecular flexibility index (Phi) is 9.47. The van der Waals surface area contributed by atoms with E-state index in [1.807, 2.05) is 0 Å². The molecule has 0 radical (unpaired) electrons. The molecular weight excluding hydrogens is 566 g/mol. The van der Waals surface area contributed by atoms with E-state index in [9.17, 15) is 14.7 Å². The normalized spacial score (nSPS) is 45.4. The summed E-state index contributed by atoms with van der Waals surface area (Å²) in [5.41, 5.74) is 6.56. The fourth-order valence-corrected chi connectivity index (χ4v) is 12.0. The second-order valence-corrected chi connectivity index (χ2v) is 17.4. The van der Waals surface area contributed by atoms with E-state index in [0.717, 1.165) is 51.4 Å². The monoisotopic (exact) mass is 629 g/mol. The Balaban J connectivity index is 1.54. The first-order chi connectivity index (χ1) is 21.0. The number of aliphatic carboxylic acids is 1. The van der Waals surface area contributed by atoms with Gasteiger partial charge in [-0.25, -0.2) is 0 Å². The summed E-state index contributed by atoms with van der Waals surface area (Å²) in [6, 6.07) is -0.0466. The van der Waals surface area contributed by atoms with Crippen molar-refractivity contribution in [2.75, 3.05) is 19.8 Å². The van der Waals surface area contributed by atoms with Crippen LogP contribution in [-0.4, -0.2) is 55.1 Å². The van der Waals surface area contributed by atoms with Crippen LogP contribution < -0.4 is 5.73 Å². The van der Waals surface area contributed by atoms with Crippen LogP contribution in [0.25, 0.3) is 0 Å². The van der Waals surface area contributed by atoms with Gasteiger partial charge in [0.25, 0.3) is 0 Å². The van der Waals surface area contributed by atoms with Gasteiger partial charge in [-0.15, -0.1) is 0 Å². The standard InChI is InChI=1S/C38H63NO6/c1-10-11-12-26(39)20-44-32-29(45-25(5)40)19-38-22-43-21-35(32,7)30(38)14-13-27-28(38)15-16-37(9)31(33(41)42)34(6,24(4)23(2)3)17-18-36(27,37)8/h15,23-24,26-27,29-32H,10-14,16-22,39H2,1-9H3,(H,41,42)/t24-,26?,27+,29-,30+,31-,32+,34-,35+,36-,37+,38-/m1/s1. The summed E-state index contributed by atoms with van der Waals surface area (Å²) >= 11 is 0. The SMILES string of the molecule is CCCCC(N)CO[C@H]1[C@H](OC(C)=O)C[C@]23COC[C@@]1(C)[C@@H]2CC[C@H]1C3=CC[C@@]2(C)[C@H](C(=O)O)[C@@](C)([C@H](C)C(C)C)CC[C@]12C. The van der Waals surface area contributed by atoms with Crippen LogP contribution in [0.15, 0.2) is 11.6 Å². The number of fused-ring (bicyclic) bond motifs is 3. The minimum atomic E-state index is -0.638. The highest BCUT2D eigenvalue weighted by molar-refractivity contribution is 5.73. The molecule has 4 fully saturated rings. The number of hydrogen-bond donors (Lipinski definition) is 2. The van der Waals surface area contributed by atoms with Gasteiger partial charge < -0.3 is 25.1 Å². The van der Waals surface area contributed by atoms with Gasteiger partial charge in [-0.1, -0.05) is 79.9 Å². The van der Waals surface area contributed by atoms with Crippen LogP contribution in [0.5, 0.6) is 0 Å². The molecule has 1 unspecified atom stereocenters. The zero-order valence-corrected chi connectivity index (χ0v) is 29.7. The van der Waals surface area contributed by atoms with Crippen LogP contribution in [0.3, 0.4) is 0 Å². The van der Waals surface area contributed by atoms with E-state index in [1.54, 1.807) is 0 Å². The molecule has 0 aromatic carbocycles. The number of nitrogens with two attached hydrogens (primary N) is 1. The summed E-state index contributed by atoms with van der Waals surface area (Å²) in [4.78, 5) is 25.9. The maximum atomic E-state index is 13.3. The molecule has 0 spiro atoms. The third-order valence-corrected chi connectivity index (χ3v) is 14.8. The van der Waals surface area contributed by atoms with Gasteiger partial charge in [0.1, 0.15) is 12.2 Å². The lowest BCUT2D eigenvalue weighted by molar-refractivity contribution is -0.267. The average molecular weight is 630 g/mol. The summed E-state index contributed by atoms with van der Waals surface area (Å²) in [6.45, 7) is 21.3. The van der Waals surface area contributed by atoms with Crippen LogP contribution in [0.2, 0.25) is 0 Å². The highest BCUT2D eigenvalue weighted by Crippen LogP contribution is 2.75. The number of carboxylic acid groups (broad SMARTS) is 1. The number of unbranched alkanes of at least 4 members (excludes halogenated alkanes) is 1. The topological polar surface area (TPSA) is 108 Å². The maximum absolute atomic E-state index is 13.3. The van der Waals surface area contributed by atoms with Crippen LogP contribution in [0, 0.1) is 56.7 Å². The van der Waals surface area contributed by atoms with E-state index < -0.39 is 11.9 Å². The molecule has 5 aliphatic rings. The minimum absolute atomic E-state index is 0.0466. The number of carboxylic acids is 1. The van der Waals surface area contributed by atoms with Crippen LogP contribution in [0.4, 0.5) is 0 Å². The van der Waals surface area contributed by atoms with E-state index in [0.29, 0.717) is 44.0 Å². The maximum Gasteiger partial charge on any atom is 0.307 e. The first-order valence-electron chi connectivity index (χ1n) is 18.1. The highest BCUT2D eigenvalue weighted by Gasteiger charge is 2.72. The Bertz CT molecular complexity index is 1170. The Labute approximate surface area is 272 Å². The number of ether oxygens (including phenoxy) is 3. The fraction of sp³-hybridized carbons (Fsp3) is 0.895. The summed E-state index contributed by atoms with van der Waals surface area (Å²) in [7, 11) is 0. The van der Waals surface area contributed by atoms with Crippen molar-refractivity contribution < 1.29 is 28.9 Å². The third kappa shape index (κ3) is 5.24. The van der Waals surface area contributed by atoms with Gasteiger partial charge in [0, 0.05) is 23.8 Å². The summed E-state index contributed by atoms with van der Waals surface area (Å²) in [5, 5.41) is 11.0. The van der Waals surface area contributed by atoms with Crippen molar-refractivity contribution in [3.8, 4) is 0 Å². The summed E-state index contributed by atoms with van der Waals surface area (Å²) in [6.07, 6.45) is 10.3. The molecular formula is C38H63NO6. The second-order valence-electron chi connectivity index (χ2n) is 17.4. The molecule has 0 aromatic rings. The molecule has 3 N–H and O–H groups in total. The quantitative estimate of drug-likeness (QED) is 0.191. The van der Waals surface area contributed by atoms with E-state index in [-0.39, 0.29) is 57.2 Å². The number of rotatable bonds is 10. The molecule has 4 aliphatic carbocycles. The van der Waals surface area contributed by atoms with Crippen LogP contribution >= 0.6 is 0 Å². The molecule has 1 aliphatic heterocycles. The molecule has 2 bridgehead atoms. The average Bonchev–Trinajstić information content (AvgIpc) is 2.95. The molecule has 45 heavy (non-hydrogen) atoms. The van der Waals surface area contributed by atoms with E-state index in [4.69, 9.17) is 19.9 Å². The molecule has 12 atom stereocenters. The predicted molar refractivity (Wildman–Crippen MR) is 176 cm³/mol. The first-order valence-corrected chi connectivity index (χ1v) is 18.1. The van der Waals surface area contributed by atoms with E-state index in [1.165, 1.54) is 12.5 Å². The number of allylic oxidation sites excluding steroid dienone is 1. The third-order valence-electron chi connectivity index (χ3n) is 14.8. The van der Waals surface area contributed by atoms with Crippen molar-refractivity contribution in [1.82, 2.24) is 0 Å². The fourth-order valence-electron chi connectivity index (χ4n) is 12.0. The summed E-state index contributed by atoms with van der Waals surface area (Å²) < 4.78 is 19.4. The van der Waals surface area contributed by atoms with Gasteiger partial charge in [0.15, 0.2) is 0 Å². The molecule has 1 heterocycles. The second kappa shape index (κ2) is 12.2.